The molecule has 0 atom stereocenters. The van der Waals surface area contributed by atoms with Crippen molar-refractivity contribution in [1.82, 2.24) is 15.0 Å². The molecule has 0 fully saturated rings. The molecule has 2 aromatic heterocycles. The van der Waals surface area contributed by atoms with E-state index < -0.39 is 0 Å². The second-order valence-electron chi connectivity index (χ2n) is 12.8. The lowest BCUT2D eigenvalue weighted by Crippen LogP contribution is -2.01. The second kappa shape index (κ2) is 11.9. The number of fused-ring (bicyclic) bond motifs is 5. The smallest absolute Gasteiger partial charge is 0.165 e. The Kier molecular flexibility index (Phi) is 6.78. The van der Waals surface area contributed by atoms with Crippen LogP contribution < -0.4 is 0 Å². The molecule has 0 unspecified atom stereocenters. The maximum Gasteiger partial charge on any atom is 0.165 e. The van der Waals surface area contributed by atoms with E-state index in [1.807, 2.05) is 42.5 Å². The molecule has 0 aliphatic rings. The highest BCUT2D eigenvalue weighted by atomic mass is 16.3. The molecule has 0 N–H and O–H groups in total. The van der Waals surface area contributed by atoms with Gasteiger partial charge in [0.1, 0.15) is 11.2 Å². The molecule has 2 heterocycles. The van der Waals surface area contributed by atoms with Gasteiger partial charge < -0.3 is 4.42 Å². The minimum atomic E-state index is 0.595. The van der Waals surface area contributed by atoms with Crippen LogP contribution in [0, 0.1) is 0 Å². The van der Waals surface area contributed by atoms with Crippen molar-refractivity contribution in [3.05, 3.63) is 176 Å². The number of nitrogens with zero attached hydrogens (tertiary/aromatic N) is 3. The molecule has 0 saturated heterocycles. The van der Waals surface area contributed by atoms with Crippen molar-refractivity contribution >= 4 is 43.5 Å². The highest BCUT2D eigenvalue weighted by Crippen LogP contribution is 2.44. The molecule has 0 aliphatic carbocycles. The largest absolute Gasteiger partial charge is 0.456 e. The zero-order valence-corrected chi connectivity index (χ0v) is 27.5. The topological polar surface area (TPSA) is 51.8 Å². The van der Waals surface area contributed by atoms with Gasteiger partial charge in [0.2, 0.25) is 0 Å². The molecular formula is C47H29N3O. The Morgan fingerprint density at radius 1 is 0.314 bits per heavy atom. The van der Waals surface area contributed by atoms with E-state index in [0.29, 0.717) is 17.5 Å². The summed E-state index contributed by atoms with van der Waals surface area (Å²) < 4.78 is 6.44. The van der Waals surface area contributed by atoms with Crippen molar-refractivity contribution in [1.29, 1.82) is 0 Å². The molecule has 0 radical (unpaired) electrons. The summed E-state index contributed by atoms with van der Waals surface area (Å²) >= 11 is 0. The van der Waals surface area contributed by atoms with Crippen molar-refractivity contribution in [2.24, 2.45) is 0 Å². The van der Waals surface area contributed by atoms with Crippen LogP contribution in [-0.2, 0) is 0 Å². The Morgan fingerprint density at radius 3 is 1.57 bits per heavy atom. The third kappa shape index (κ3) is 4.96. The number of aromatic nitrogens is 3. The standard InChI is InChI=1S/C47H29N3O/c1-2-14-33(15-3-1)45-48-46(34-26-24-32(25-27-34)36-21-10-16-30-12-4-6-18-35(30)36)50-47(49-45)44-39(38-22-11-17-31-13-5-7-19-37(31)38)28-29-42-43(44)40-20-8-9-23-41(40)51-42/h1-29H. The summed E-state index contributed by atoms with van der Waals surface area (Å²) in [5.74, 6) is 1.82. The van der Waals surface area contributed by atoms with E-state index in [1.165, 1.54) is 21.7 Å². The number of hydrogen-bond acceptors (Lipinski definition) is 4. The lowest BCUT2D eigenvalue weighted by atomic mass is 9.91. The first-order chi connectivity index (χ1) is 25.3. The summed E-state index contributed by atoms with van der Waals surface area (Å²) in [6.45, 7) is 0. The molecule has 0 bridgehead atoms. The van der Waals surface area contributed by atoms with E-state index in [9.17, 15) is 0 Å². The normalized spacial score (nSPS) is 11.5. The van der Waals surface area contributed by atoms with Crippen LogP contribution in [0.3, 0.4) is 0 Å². The predicted octanol–water partition coefficient (Wildman–Crippen LogP) is 12.4. The SMILES string of the molecule is c1ccc(-c2nc(-c3ccc(-c4cccc5ccccc45)cc3)nc(-c3c(-c4cccc5ccccc45)ccc4oc5ccccc5c34)n2)cc1. The summed E-state index contributed by atoms with van der Waals surface area (Å²) in [5.41, 5.74) is 8.85. The summed E-state index contributed by atoms with van der Waals surface area (Å²) in [4.78, 5) is 15.6. The predicted molar refractivity (Wildman–Crippen MR) is 209 cm³/mol. The van der Waals surface area contributed by atoms with E-state index in [4.69, 9.17) is 19.4 Å². The Morgan fingerprint density at radius 2 is 0.843 bits per heavy atom. The van der Waals surface area contributed by atoms with E-state index in [2.05, 4.69) is 133 Å². The molecule has 0 spiro atoms. The van der Waals surface area contributed by atoms with Crippen LogP contribution in [-0.4, -0.2) is 15.0 Å². The van der Waals surface area contributed by atoms with Crippen LogP contribution in [0.25, 0.3) is 99.9 Å². The van der Waals surface area contributed by atoms with Crippen LogP contribution in [0.1, 0.15) is 0 Å². The first-order valence-corrected chi connectivity index (χ1v) is 17.1. The van der Waals surface area contributed by atoms with Gasteiger partial charge >= 0.3 is 0 Å². The first-order valence-electron chi connectivity index (χ1n) is 17.1. The molecule has 0 saturated carbocycles. The quantitative estimate of drug-likeness (QED) is 0.186. The highest BCUT2D eigenvalue weighted by Gasteiger charge is 2.23. The number of hydrogen-bond donors (Lipinski definition) is 0. The van der Waals surface area contributed by atoms with Gasteiger partial charge in [-0.15, -0.1) is 0 Å². The molecule has 8 aromatic carbocycles. The minimum Gasteiger partial charge on any atom is -0.456 e. The van der Waals surface area contributed by atoms with Gasteiger partial charge in [-0.1, -0.05) is 158 Å². The minimum absolute atomic E-state index is 0.595. The molecule has 10 rings (SSSR count). The first kappa shape index (κ1) is 29.0. The van der Waals surface area contributed by atoms with Gasteiger partial charge in [-0.25, -0.2) is 15.0 Å². The average Bonchev–Trinajstić information content (AvgIpc) is 3.59. The summed E-state index contributed by atoms with van der Waals surface area (Å²) in [5, 5.41) is 6.78. The summed E-state index contributed by atoms with van der Waals surface area (Å²) in [7, 11) is 0. The Bertz CT molecular complexity index is 2900. The summed E-state index contributed by atoms with van der Waals surface area (Å²) in [6, 6.07) is 61.0. The second-order valence-corrected chi connectivity index (χ2v) is 12.8. The zero-order chi connectivity index (χ0) is 33.7. The fourth-order valence-electron chi connectivity index (χ4n) is 7.34. The van der Waals surface area contributed by atoms with Crippen molar-refractivity contribution < 1.29 is 4.42 Å². The number of furan rings is 1. The Balaban J connectivity index is 1.23. The molecule has 4 heteroatoms. The van der Waals surface area contributed by atoms with Crippen LogP contribution in [0.2, 0.25) is 0 Å². The molecule has 0 amide bonds. The van der Waals surface area contributed by atoms with E-state index in [0.717, 1.165) is 60.7 Å². The molecule has 10 aromatic rings. The van der Waals surface area contributed by atoms with E-state index >= 15 is 0 Å². The molecular weight excluding hydrogens is 623 g/mol. The maximum atomic E-state index is 6.44. The molecule has 4 nitrogen and oxygen atoms in total. The van der Waals surface area contributed by atoms with Crippen LogP contribution >= 0.6 is 0 Å². The Labute approximate surface area is 294 Å². The lowest BCUT2D eigenvalue weighted by Gasteiger charge is -2.15. The van der Waals surface area contributed by atoms with Crippen molar-refractivity contribution in [3.8, 4) is 56.4 Å². The van der Waals surface area contributed by atoms with Crippen LogP contribution in [0.4, 0.5) is 0 Å². The van der Waals surface area contributed by atoms with Gasteiger partial charge in [0.15, 0.2) is 17.5 Å². The molecule has 238 valence electrons. The van der Waals surface area contributed by atoms with Gasteiger partial charge in [-0.2, -0.15) is 0 Å². The van der Waals surface area contributed by atoms with Gasteiger partial charge in [-0.05, 0) is 62.0 Å². The fraction of sp³-hybridized carbons (Fsp3) is 0. The van der Waals surface area contributed by atoms with E-state index in [-0.39, 0.29) is 0 Å². The van der Waals surface area contributed by atoms with Gasteiger partial charge in [-0.3, -0.25) is 0 Å². The van der Waals surface area contributed by atoms with Crippen molar-refractivity contribution in [2.75, 3.05) is 0 Å². The third-order valence-electron chi connectivity index (χ3n) is 9.76. The monoisotopic (exact) mass is 651 g/mol. The highest BCUT2D eigenvalue weighted by molar-refractivity contribution is 6.16. The van der Waals surface area contributed by atoms with Crippen LogP contribution in [0.15, 0.2) is 180 Å². The molecule has 51 heavy (non-hydrogen) atoms. The average molecular weight is 652 g/mol. The van der Waals surface area contributed by atoms with Gasteiger partial charge in [0.05, 0.1) is 0 Å². The van der Waals surface area contributed by atoms with Crippen molar-refractivity contribution in [3.63, 3.8) is 0 Å². The number of rotatable bonds is 5. The van der Waals surface area contributed by atoms with Gasteiger partial charge in [0.25, 0.3) is 0 Å². The third-order valence-corrected chi connectivity index (χ3v) is 9.76. The lowest BCUT2D eigenvalue weighted by molar-refractivity contribution is 0.669. The van der Waals surface area contributed by atoms with Crippen molar-refractivity contribution in [2.45, 2.75) is 0 Å². The number of para-hydroxylation sites is 1. The number of benzene rings is 8. The zero-order valence-electron chi connectivity index (χ0n) is 27.5. The van der Waals surface area contributed by atoms with Crippen LogP contribution in [0.5, 0.6) is 0 Å². The fourth-order valence-corrected chi connectivity index (χ4v) is 7.34. The Hall–Kier alpha value is -6.91. The maximum absolute atomic E-state index is 6.44. The molecule has 0 aliphatic heterocycles. The van der Waals surface area contributed by atoms with Gasteiger partial charge in [0, 0.05) is 27.5 Å². The summed E-state index contributed by atoms with van der Waals surface area (Å²) in [6.07, 6.45) is 0. The van der Waals surface area contributed by atoms with E-state index in [1.54, 1.807) is 0 Å².